The topological polar surface area (TPSA) is 112 Å². The zero-order chi connectivity index (χ0) is 20.8. The fourth-order valence-corrected chi connectivity index (χ4v) is 3.36. The number of anilines is 1. The van der Waals surface area contributed by atoms with Crippen molar-refractivity contribution in [2.24, 2.45) is 0 Å². The van der Waals surface area contributed by atoms with Crippen molar-refractivity contribution in [1.82, 2.24) is 4.98 Å². The summed E-state index contributed by atoms with van der Waals surface area (Å²) in [6, 6.07) is 8.94. The van der Waals surface area contributed by atoms with E-state index in [1.165, 1.54) is 13.0 Å². The molecule has 2 rings (SSSR count). The van der Waals surface area contributed by atoms with Crippen molar-refractivity contribution in [1.29, 1.82) is 5.26 Å². The Kier molecular flexibility index (Phi) is 7.01. The van der Waals surface area contributed by atoms with Crippen LogP contribution in [0, 0.1) is 32.1 Å². The van der Waals surface area contributed by atoms with E-state index >= 15 is 0 Å². The van der Waals surface area contributed by atoms with Gasteiger partial charge >= 0.3 is 5.97 Å². The molecule has 0 aliphatic carbocycles. The number of aromatic nitrogens is 1. The molecule has 0 aliphatic rings. The van der Waals surface area contributed by atoms with Crippen LogP contribution in [-0.4, -0.2) is 28.7 Å². The van der Waals surface area contributed by atoms with Gasteiger partial charge in [0.25, 0.3) is 5.91 Å². The number of nitrogens with one attached hydrogen (secondary N) is 2. The van der Waals surface area contributed by atoms with Crippen molar-refractivity contribution >= 4 is 29.3 Å². The van der Waals surface area contributed by atoms with Crippen molar-refractivity contribution in [3.05, 3.63) is 56.9 Å². The maximum atomic E-state index is 12.3. The smallest absolute Gasteiger partial charge is 0.317 e. The van der Waals surface area contributed by atoms with E-state index in [1.807, 2.05) is 32.0 Å². The number of esters is 1. The van der Waals surface area contributed by atoms with Gasteiger partial charge in [-0.05, 0) is 44.9 Å². The first kappa shape index (κ1) is 21.3. The number of nitriles is 1. The average molecular weight is 399 g/mol. The number of aryl methyl sites for hydroxylation is 3. The molecule has 0 saturated carbocycles. The van der Waals surface area contributed by atoms with Gasteiger partial charge in [0.1, 0.15) is 6.07 Å². The number of hydrogen-bond donors (Lipinski definition) is 2. The second-order valence-corrected chi connectivity index (χ2v) is 7.35. The Morgan fingerprint density at radius 3 is 2.61 bits per heavy atom. The number of thioether (sulfide) groups is 1. The van der Waals surface area contributed by atoms with E-state index in [1.54, 1.807) is 13.0 Å². The molecule has 1 atom stereocenters. The van der Waals surface area contributed by atoms with E-state index in [0.717, 1.165) is 22.9 Å². The zero-order valence-corrected chi connectivity index (χ0v) is 16.9. The Balaban J connectivity index is 1.95. The van der Waals surface area contributed by atoms with Crippen LogP contribution in [0.15, 0.2) is 34.1 Å². The summed E-state index contributed by atoms with van der Waals surface area (Å²) in [5.74, 6) is -1.21. The maximum Gasteiger partial charge on any atom is 0.317 e. The van der Waals surface area contributed by atoms with Crippen molar-refractivity contribution in [2.45, 2.75) is 38.8 Å². The molecular formula is C20H21N3O4S. The molecule has 2 N–H and O–H groups in total. The van der Waals surface area contributed by atoms with Gasteiger partial charge in [-0.25, -0.2) is 0 Å². The van der Waals surface area contributed by atoms with Gasteiger partial charge in [-0.2, -0.15) is 5.26 Å². The molecule has 0 bridgehead atoms. The van der Waals surface area contributed by atoms with Crippen LogP contribution >= 0.6 is 11.8 Å². The average Bonchev–Trinajstić information content (AvgIpc) is 2.61. The lowest BCUT2D eigenvalue weighted by Gasteiger charge is -2.15. The minimum atomic E-state index is -0.985. The third-order valence-corrected chi connectivity index (χ3v) is 4.94. The van der Waals surface area contributed by atoms with E-state index in [9.17, 15) is 19.6 Å². The molecule has 1 aromatic heterocycles. The summed E-state index contributed by atoms with van der Waals surface area (Å²) in [6.45, 7) is 6.97. The van der Waals surface area contributed by atoms with Gasteiger partial charge in [-0.3, -0.25) is 14.4 Å². The summed E-state index contributed by atoms with van der Waals surface area (Å²) < 4.78 is 5.16. The molecule has 0 fully saturated rings. The van der Waals surface area contributed by atoms with E-state index < -0.39 is 18.0 Å². The number of amides is 1. The second-order valence-electron chi connectivity index (χ2n) is 6.36. The number of nitrogens with zero attached hydrogens (tertiary/aromatic N) is 1. The fraction of sp³-hybridized carbons (Fsp3) is 0.300. The highest BCUT2D eigenvalue weighted by Gasteiger charge is 2.19. The van der Waals surface area contributed by atoms with Gasteiger partial charge in [-0.15, -0.1) is 0 Å². The summed E-state index contributed by atoms with van der Waals surface area (Å²) >= 11 is 0.985. The normalized spacial score (nSPS) is 11.4. The molecular weight excluding hydrogens is 378 g/mol. The maximum absolute atomic E-state index is 12.3. The van der Waals surface area contributed by atoms with Gasteiger partial charge in [0, 0.05) is 11.8 Å². The number of carbonyl (C=O) groups excluding carboxylic acids is 2. The van der Waals surface area contributed by atoms with Gasteiger partial charge in [0.05, 0.1) is 16.3 Å². The van der Waals surface area contributed by atoms with Crippen LogP contribution in [0.5, 0.6) is 0 Å². The van der Waals surface area contributed by atoms with Crippen molar-refractivity contribution in [3.63, 3.8) is 0 Å². The SMILES string of the molecule is Cc1ccc(NC(=O)[C@H](C)OC(=O)CSc2[nH]c(=O)cc(C)c2C#N)c(C)c1. The highest BCUT2D eigenvalue weighted by molar-refractivity contribution is 7.99. The third kappa shape index (κ3) is 5.47. The molecule has 2 aromatic rings. The van der Waals surface area contributed by atoms with Crippen LogP contribution in [-0.2, 0) is 14.3 Å². The number of pyridine rings is 1. The number of ether oxygens (including phenoxy) is 1. The summed E-state index contributed by atoms with van der Waals surface area (Å²) in [5.41, 5.74) is 3.13. The number of rotatable bonds is 6. The Morgan fingerprint density at radius 1 is 1.25 bits per heavy atom. The predicted molar refractivity (Wildman–Crippen MR) is 107 cm³/mol. The first-order valence-corrected chi connectivity index (χ1v) is 9.54. The highest BCUT2D eigenvalue weighted by Crippen LogP contribution is 2.21. The standard InChI is InChI=1S/C20H21N3O4S/c1-11-5-6-16(13(3)7-11)22-19(26)14(4)27-18(25)10-28-20-15(9-21)12(2)8-17(24)23-20/h5-8,14H,10H2,1-4H3,(H,22,26)(H,23,24)/t14-/m0/s1. The first-order chi connectivity index (χ1) is 13.2. The van der Waals surface area contributed by atoms with E-state index in [-0.39, 0.29) is 11.3 Å². The van der Waals surface area contributed by atoms with Crippen LogP contribution in [0.2, 0.25) is 0 Å². The quantitative estimate of drug-likeness (QED) is 0.571. The van der Waals surface area contributed by atoms with Crippen molar-refractivity contribution in [3.8, 4) is 6.07 Å². The molecule has 8 heteroatoms. The molecule has 7 nitrogen and oxygen atoms in total. The minimum absolute atomic E-state index is 0.144. The Labute approximate surface area is 167 Å². The zero-order valence-electron chi connectivity index (χ0n) is 16.1. The number of H-pyrrole nitrogens is 1. The van der Waals surface area contributed by atoms with E-state index in [0.29, 0.717) is 21.8 Å². The molecule has 0 saturated heterocycles. The lowest BCUT2D eigenvalue weighted by molar-refractivity contribution is -0.150. The van der Waals surface area contributed by atoms with Crippen LogP contribution < -0.4 is 10.9 Å². The summed E-state index contributed by atoms with van der Waals surface area (Å²) in [5, 5.41) is 12.2. The van der Waals surface area contributed by atoms with Gasteiger partial charge in [0.15, 0.2) is 6.10 Å². The Morgan fingerprint density at radius 2 is 1.96 bits per heavy atom. The molecule has 1 aromatic carbocycles. The summed E-state index contributed by atoms with van der Waals surface area (Å²) in [6.07, 6.45) is -0.985. The van der Waals surface area contributed by atoms with Gasteiger partial charge in [-0.1, -0.05) is 29.5 Å². The number of carbonyl (C=O) groups is 2. The Bertz CT molecular complexity index is 1010. The largest absolute Gasteiger partial charge is 0.452 e. The molecule has 0 spiro atoms. The van der Waals surface area contributed by atoms with Crippen LogP contribution in [0.3, 0.4) is 0 Å². The molecule has 1 amide bonds. The van der Waals surface area contributed by atoms with Gasteiger partial charge in [0.2, 0.25) is 5.56 Å². The fourth-order valence-electron chi connectivity index (χ4n) is 2.51. The Hall–Kier alpha value is -3.05. The number of hydrogen-bond acceptors (Lipinski definition) is 6. The second kappa shape index (κ2) is 9.24. The lowest BCUT2D eigenvalue weighted by Crippen LogP contribution is -2.30. The summed E-state index contributed by atoms with van der Waals surface area (Å²) in [4.78, 5) is 38.4. The van der Waals surface area contributed by atoms with Crippen LogP contribution in [0.25, 0.3) is 0 Å². The van der Waals surface area contributed by atoms with Crippen LogP contribution in [0.4, 0.5) is 5.69 Å². The monoisotopic (exact) mass is 399 g/mol. The molecule has 0 radical (unpaired) electrons. The number of aromatic amines is 1. The van der Waals surface area contributed by atoms with E-state index in [4.69, 9.17) is 4.74 Å². The molecule has 1 heterocycles. The van der Waals surface area contributed by atoms with Gasteiger partial charge < -0.3 is 15.0 Å². The molecule has 146 valence electrons. The summed E-state index contributed by atoms with van der Waals surface area (Å²) in [7, 11) is 0. The predicted octanol–water partition coefficient (Wildman–Crippen LogP) is 2.83. The molecule has 0 aliphatic heterocycles. The van der Waals surface area contributed by atoms with Crippen molar-refractivity contribution < 1.29 is 14.3 Å². The third-order valence-electron chi connectivity index (χ3n) is 3.97. The molecule has 0 unspecified atom stereocenters. The first-order valence-electron chi connectivity index (χ1n) is 8.55. The molecule has 28 heavy (non-hydrogen) atoms. The lowest BCUT2D eigenvalue weighted by atomic mass is 10.1. The van der Waals surface area contributed by atoms with E-state index in [2.05, 4.69) is 10.3 Å². The number of benzene rings is 1. The van der Waals surface area contributed by atoms with Crippen molar-refractivity contribution in [2.75, 3.05) is 11.1 Å². The minimum Gasteiger partial charge on any atom is -0.452 e. The highest BCUT2D eigenvalue weighted by atomic mass is 32.2. The van der Waals surface area contributed by atoms with Crippen LogP contribution in [0.1, 0.15) is 29.2 Å².